The van der Waals surface area contributed by atoms with Crippen molar-refractivity contribution in [3.8, 4) is 5.75 Å². The van der Waals surface area contributed by atoms with Crippen LogP contribution in [0.3, 0.4) is 0 Å². The molecule has 7 nitrogen and oxygen atoms in total. The minimum atomic E-state index is -3.64. The van der Waals surface area contributed by atoms with Gasteiger partial charge in [0.05, 0.1) is 12.0 Å². The second-order valence-electron chi connectivity index (χ2n) is 6.36. The topological polar surface area (TPSA) is 92.3 Å². The summed E-state index contributed by atoms with van der Waals surface area (Å²) in [6.07, 6.45) is 3.43. The largest absolute Gasteiger partial charge is 0.497 e. The second-order valence-corrected chi connectivity index (χ2v) is 8.54. The van der Waals surface area contributed by atoms with E-state index >= 15 is 0 Å². The van der Waals surface area contributed by atoms with Crippen LogP contribution in [0.15, 0.2) is 78.0 Å². The van der Waals surface area contributed by atoms with Crippen molar-refractivity contribution in [2.75, 3.05) is 12.4 Å². The van der Waals surface area contributed by atoms with Gasteiger partial charge in [-0.3, -0.25) is 4.98 Å². The lowest BCUT2D eigenvalue weighted by atomic mass is 10.2. The molecule has 0 aliphatic carbocycles. The number of sulfonamides is 1. The van der Waals surface area contributed by atoms with Gasteiger partial charge >= 0.3 is 0 Å². The van der Waals surface area contributed by atoms with Crippen LogP contribution in [0.4, 0.5) is 5.69 Å². The molecule has 0 bridgehead atoms. The van der Waals surface area contributed by atoms with Crippen LogP contribution >= 0.6 is 12.2 Å². The maximum absolute atomic E-state index is 12.5. The third-order valence-corrected chi connectivity index (χ3v) is 5.89. The van der Waals surface area contributed by atoms with Crippen molar-refractivity contribution in [2.24, 2.45) is 0 Å². The number of methoxy groups -OCH3 is 1. The highest BCUT2D eigenvalue weighted by Crippen LogP contribution is 2.16. The number of thiocarbonyl (C=S) groups is 1. The molecule has 1 heterocycles. The molecule has 0 saturated heterocycles. The zero-order valence-corrected chi connectivity index (χ0v) is 18.0. The van der Waals surface area contributed by atoms with E-state index in [1.807, 2.05) is 24.3 Å². The van der Waals surface area contributed by atoms with E-state index in [4.69, 9.17) is 17.0 Å². The van der Waals surface area contributed by atoms with Gasteiger partial charge in [-0.2, -0.15) is 0 Å². The number of hydrogen-bond donors (Lipinski definition) is 3. The fourth-order valence-corrected chi connectivity index (χ4v) is 3.83. The number of ether oxygens (including phenoxy) is 1. The zero-order chi connectivity index (χ0) is 21.4. The molecule has 0 unspecified atom stereocenters. The van der Waals surface area contributed by atoms with Crippen LogP contribution < -0.4 is 20.1 Å². The Morgan fingerprint density at radius 3 is 2.43 bits per heavy atom. The molecule has 9 heteroatoms. The standard InChI is InChI=1S/C21H22N4O3S2/c1-28-19-4-2-3-17(13-19)15-24-30(26,27)20-7-5-18(6-8-20)25-21(29)23-14-16-9-11-22-12-10-16/h2-13,24H,14-15H2,1H3,(H2,23,25,29). The molecule has 3 N–H and O–H groups in total. The minimum Gasteiger partial charge on any atom is -0.497 e. The van der Waals surface area contributed by atoms with E-state index in [-0.39, 0.29) is 11.4 Å². The lowest BCUT2D eigenvalue weighted by molar-refractivity contribution is 0.414. The number of anilines is 1. The fraction of sp³-hybridized carbons (Fsp3) is 0.143. The molecule has 30 heavy (non-hydrogen) atoms. The Labute approximate surface area is 181 Å². The Kier molecular flexibility index (Phi) is 7.34. The molecule has 0 fully saturated rings. The van der Waals surface area contributed by atoms with Crippen molar-refractivity contribution in [1.29, 1.82) is 0 Å². The quantitative estimate of drug-likeness (QED) is 0.462. The van der Waals surface area contributed by atoms with Crippen molar-refractivity contribution in [2.45, 2.75) is 18.0 Å². The first-order valence-electron chi connectivity index (χ1n) is 9.13. The average molecular weight is 443 g/mol. The lowest BCUT2D eigenvalue weighted by Gasteiger charge is -2.12. The molecule has 0 aliphatic heterocycles. The summed E-state index contributed by atoms with van der Waals surface area (Å²) in [6, 6.07) is 17.4. The molecule has 3 aromatic rings. The Morgan fingerprint density at radius 2 is 1.73 bits per heavy atom. The third kappa shape index (κ3) is 6.24. The molecule has 2 aromatic carbocycles. The van der Waals surface area contributed by atoms with Gasteiger partial charge in [0.1, 0.15) is 5.75 Å². The zero-order valence-electron chi connectivity index (χ0n) is 16.3. The summed E-state index contributed by atoms with van der Waals surface area (Å²) < 4.78 is 32.8. The van der Waals surface area contributed by atoms with E-state index in [0.29, 0.717) is 23.1 Å². The van der Waals surface area contributed by atoms with Crippen molar-refractivity contribution in [1.82, 2.24) is 15.0 Å². The molecule has 0 spiro atoms. The predicted molar refractivity (Wildman–Crippen MR) is 121 cm³/mol. The van der Waals surface area contributed by atoms with Crippen molar-refractivity contribution < 1.29 is 13.2 Å². The average Bonchev–Trinajstić information content (AvgIpc) is 2.77. The first kappa shape index (κ1) is 21.7. The van der Waals surface area contributed by atoms with Gasteiger partial charge in [0, 0.05) is 31.2 Å². The second kappa shape index (κ2) is 10.1. The number of nitrogens with one attached hydrogen (secondary N) is 3. The van der Waals surface area contributed by atoms with Crippen LogP contribution in [0.25, 0.3) is 0 Å². The number of nitrogens with zero attached hydrogens (tertiary/aromatic N) is 1. The van der Waals surface area contributed by atoms with Gasteiger partial charge in [-0.05, 0) is 71.9 Å². The molecule has 1 aromatic heterocycles. The molecule has 3 rings (SSSR count). The normalized spacial score (nSPS) is 11.0. The summed E-state index contributed by atoms with van der Waals surface area (Å²) in [5.74, 6) is 0.677. The molecular formula is C21H22N4O3S2. The van der Waals surface area contributed by atoms with Crippen molar-refractivity contribution in [3.63, 3.8) is 0 Å². The van der Waals surface area contributed by atoms with Gasteiger partial charge in [0.25, 0.3) is 0 Å². The molecule has 0 atom stereocenters. The Morgan fingerprint density at radius 1 is 1.00 bits per heavy atom. The highest BCUT2D eigenvalue weighted by Gasteiger charge is 2.14. The summed E-state index contributed by atoms with van der Waals surface area (Å²) in [6.45, 7) is 0.734. The van der Waals surface area contributed by atoms with E-state index < -0.39 is 10.0 Å². The predicted octanol–water partition coefficient (Wildman–Crippen LogP) is 3.06. The monoisotopic (exact) mass is 442 g/mol. The first-order valence-corrected chi connectivity index (χ1v) is 11.0. The Balaban J connectivity index is 1.55. The Bertz CT molecular complexity index is 1090. The minimum absolute atomic E-state index is 0.169. The van der Waals surface area contributed by atoms with Crippen LogP contribution in [-0.4, -0.2) is 25.6 Å². The SMILES string of the molecule is COc1cccc(CNS(=O)(=O)c2ccc(NC(=S)NCc3ccncc3)cc2)c1. The molecule has 0 amide bonds. The van der Waals surface area contributed by atoms with E-state index in [0.717, 1.165) is 11.1 Å². The van der Waals surface area contributed by atoms with Gasteiger partial charge in [0.15, 0.2) is 5.11 Å². The smallest absolute Gasteiger partial charge is 0.240 e. The van der Waals surface area contributed by atoms with Gasteiger partial charge in [0.2, 0.25) is 10.0 Å². The Hall–Kier alpha value is -3.01. The molecule has 0 radical (unpaired) electrons. The highest BCUT2D eigenvalue weighted by molar-refractivity contribution is 7.89. The number of benzene rings is 2. The number of pyridine rings is 1. The first-order chi connectivity index (χ1) is 14.5. The maximum atomic E-state index is 12.5. The third-order valence-electron chi connectivity index (χ3n) is 4.23. The summed E-state index contributed by atoms with van der Waals surface area (Å²) >= 11 is 5.28. The van der Waals surface area contributed by atoms with E-state index in [2.05, 4.69) is 20.3 Å². The number of rotatable bonds is 8. The molecule has 156 valence electrons. The van der Waals surface area contributed by atoms with Crippen LogP contribution in [0.5, 0.6) is 5.75 Å². The molecular weight excluding hydrogens is 420 g/mol. The fourth-order valence-electron chi connectivity index (χ4n) is 2.62. The van der Waals surface area contributed by atoms with Gasteiger partial charge in [-0.15, -0.1) is 0 Å². The van der Waals surface area contributed by atoms with E-state index in [1.165, 1.54) is 12.1 Å². The number of hydrogen-bond acceptors (Lipinski definition) is 5. The summed E-state index contributed by atoms with van der Waals surface area (Å²) in [4.78, 5) is 4.14. The van der Waals surface area contributed by atoms with E-state index in [1.54, 1.807) is 43.8 Å². The van der Waals surface area contributed by atoms with Crippen LogP contribution in [0.2, 0.25) is 0 Å². The summed E-state index contributed by atoms with van der Waals surface area (Å²) in [5, 5.41) is 6.57. The number of aromatic nitrogens is 1. The highest BCUT2D eigenvalue weighted by atomic mass is 32.2. The summed E-state index contributed by atoms with van der Waals surface area (Å²) in [7, 11) is -2.07. The van der Waals surface area contributed by atoms with Gasteiger partial charge in [-0.25, -0.2) is 13.1 Å². The van der Waals surface area contributed by atoms with Crippen molar-refractivity contribution in [3.05, 3.63) is 84.2 Å². The van der Waals surface area contributed by atoms with Crippen LogP contribution in [0.1, 0.15) is 11.1 Å². The lowest BCUT2D eigenvalue weighted by Crippen LogP contribution is -2.28. The maximum Gasteiger partial charge on any atom is 0.240 e. The van der Waals surface area contributed by atoms with Crippen molar-refractivity contribution >= 4 is 33.0 Å². The molecule has 0 aliphatic rings. The van der Waals surface area contributed by atoms with Crippen LogP contribution in [0, 0.1) is 0 Å². The molecule has 0 saturated carbocycles. The van der Waals surface area contributed by atoms with E-state index in [9.17, 15) is 8.42 Å². The van der Waals surface area contributed by atoms with Gasteiger partial charge in [-0.1, -0.05) is 12.1 Å². The van der Waals surface area contributed by atoms with Gasteiger partial charge < -0.3 is 15.4 Å². The van der Waals surface area contributed by atoms with Crippen LogP contribution in [-0.2, 0) is 23.1 Å². The summed E-state index contributed by atoms with van der Waals surface area (Å²) in [5.41, 5.74) is 2.55.